The minimum Gasteiger partial charge on any atom is -0.367 e. The SMILES string of the molecule is CCc1ncnc(NCC2CCC(Cl)CC2)c1F. The molecule has 1 aromatic heterocycles. The summed E-state index contributed by atoms with van der Waals surface area (Å²) in [5.74, 6) is 0.584. The Morgan fingerprint density at radius 1 is 1.33 bits per heavy atom. The topological polar surface area (TPSA) is 37.8 Å². The minimum absolute atomic E-state index is 0.314. The van der Waals surface area contributed by atoms with E-state index in [2.05, 4.69) is 15.3 Å². The molecule has 18 heavy (non-hydrogen) atoms. The second kappa shape index (κ2) is 6.32. The fourth-order valence-corrected chi connectivity index (χ4v) is 2.59. The minimum atomic E-state index is -0.314. The van der Waals surface area contributed by atoms with Gasteiger partial charge in [-0.1, -0.05) is 6.92 Å². The monoisotopic (exact) mass is 271 g/mol. The number of anilines is 1. The smallest absolute Gasteiger partial charge is 0.186 e. The van der Waals surface area contributed by atoms with Crippen molar-refractivity contribution in [3.63, 3.8) is 0 Å². The lowest BCUT2D eigenvalue weighted by molar-refractivity contribution is 0.377. The lowest BCUT2D eigenvalue weighted by atomic mass is 9.89. The van der Waals surface area contributed by atoms with Crippen LogP contribution in [-0.4, -0.2) is 21.9 Å². The second-order valence-corrected chi connectivity index (χ2v) is 5.45. The molecule has 1 aliphatic rings. The van der Waals surface area contributed by atoms with Crippen molar-refractivity contribution in [2.75, 3.05) is 11.9 Å². The summed E-state index contributed by atoms with van der Waals surface area (Å²) in [6, 6.07) is 0. The molecule has 0 saturated heterocycles. The van der Waals surface area contributed by atoms with Gasteiger partial charge in [0, 0.05) is 11.9 Å². The molecule has 0 aliphatic heterocycles. The standard InChI is InChI=1S/C13H19ClFN3/c1-2-11-12(15)13(18-8-17-11)16-7-9-3-5-10(14)6-4-9/h8-10H,2-7H2,1H3,(H,16,17,18). The number of halogens is 2. The number of alkyl halides is 1. The van der Waals surface area contributed by atoms with E-state index in [9.17, 15) is 4.39 Å². The molecule has 0 aromatic carbocycles. The Balaban J connectivity index is 1.90. The summed E-state index contributed by atoms with van der Waals surface area (Å²) < 4.78 is 13.9. The molecular weight excluding hydrogens is 253 g/mol. The van der Waals surface area contributed by atoms with Gasteiger partial charge in [0.2, 0.25) is 0 Å². The van der Waals surface area contributed by atoms with Crippen molar-refractivity contribution in [2.45, 2.75) is 44.4 Å². The Labute approximate surface area is 112 Å². The summed E-state index contributed by atoms with van der Waals surface area (Å²) in [6.45, 7) is 2.65. The molecule has 0 unspecified atom stereocenters. The van der Waals surface area contributed by atoms with Gasteiger partial charge in [-0.25, -0.2) is 14.4 Å². The van der Waals surface area contributed by atoms with Crippen molar-refractivity contribution in [2.24, 2.45) is 5.92 Å². The molecule has 0 amide bonds. The Bertz CT molecular complexity index is 392. The molecule has 1 aromatic rings. The summed E-state index contributed by atoms with van der Waals surface area (Å²) in [6.07, 6.45) is 6.32. The maximum absolute atomic E-state index is 13.9. The maximum atomic E-state index is 13.9. The first-order chi connectivity index (χ1) is 8.70. The summed E-state index contributed by atoms with van der Waals surface area (Å²) in [4.78, 5) is 7.88. The van der Waals surface area contributed by atoms with Gasteiger partial charge in [0.05, 0.1) is 5.69 Å². The largest absolute Gasteiger partial charge is 0.367 e. The van der Waals surface area contributed by atoms with Crippen LogP contribution in [0.2, 0.25) is 0 Å². The molecule has 0 spiro atoms. The van der Waals surface area contributed by atoms with E-state index < -0.39 is 0 Å². The Morgan fingerprint density at radius 2 is 2.06 bits per heavy atom. The number of hydrogen-bond donors (Lipinski definition) is 1. The van der Waals surface area contributed by atoms with Gasteiger partial charge in [-0.15, -0.1) is 11.6 Å². The summed E-state index contributed by atoms with van der Waals surface area (Å²) in [5, 5.41) is 3.43. The zero-order valence-corrected chi connectivity index (χ0v) is 11.4. The van der Waals surface area contributed by atoms with Gasteiger partial charge in [0.15, 0.2) is 11.6 Å². The number of aryl methyl sites for hydroxylation is 1. The summed E-state index contributed by atoms with van der Waals surface area (Å²) >= 11 is 6.06. The number of aromatic nitrogens is 2. The van der Waals surface area contributed by atoms with E-state index in [4.69, 9.17) is 11.6 Å². The van der Waals surface area contributed by atoms with Crippen molar-refractivity contribution in [3.05, 3.63) is 17.8 Å². The molecule has 0 bridgehead atoms. The quantitative estimate of drug-likeness (QED) is 0.853. The van der Waals surface area contributed by atoms with Gasteiger partial charge >= 0.3 is 0 Å². The van der Waals surface area contributed by atoms with Crippen LogP contribution in [0.3, 0.4) is 0 Å². The van der Waals surface area contributed by atoms with Crippen LogP contribution in [0.4, 0.5) is 10.2 Å². The Kier molecular flexibility index (Phi) is 4.75. The average molecular weight is 272 g/mol. The highest BCUT2D eigenvalue weighted by molar-refractivity contribution is 6.20. The van der Waals surface area contributed by atoms with E-state index in [1.807, 2.05) is 6.92 Å². The normalized spacial score (nSPS) is 23.9. The average Bonchev–Trinajstić information content (AvgIpc) is 2.39. The van der Waals surface area contributed by atoms with Crippen LogP contribution in [-0.2, 0) is 6.42 Å². The molecule has 5 heteroatoms. The second-order valence-electron chi connectivity index (χ2n) is 4.84. The van der Waals surface area contributed by atoms with E-state index in [-0.39, 0.29) is 5.82 Å². The molecule has 1 heterocycles. The molecule has 1 N–H and O–H groups in total. The van der Waals surface area contributed by atoms with Crippen LogP contribution in [0.15, 0.2) is 6.33 Å². The molecule has 1 fully saturated rings. The fourth-order valence-electron chi connectivity index (χ4n) is 2.34. The molecule has 1 aliphatic carbocycles. The highest BCUT2D eigenvalue weighted by atomic mass is 35.5. The molecule has 100 valence electrons. The zero-order valence-electron chi connectivity index (χ0n) is 10.6. The van der Waals surface area contributed by atoms with Gasteiger partial charge in [-0.3, -0.25) is 0 Å². The van der Waals surface area contributed by atoms with Gasteiger partial charge in [0.1, 0.15) is 6.33 Å². The number of rotatable bonds is 4. The predicted molar refractivity (Wildman–Crippen MR) is 71.5 cm³/mol. The summed E-state index contributed by atoms with van der Waals surface area (Å²) in [5.41, 5.74) is 0.469. The van der Waals surface area contributed by atoms with Crippen molar-refractivity contribution in [3.8, 4) is 0 Å². The number of nitrogens with zero attached hydrogens (tertiary/aromatic N) is 2. The first kappa shape index (κ1) is 13.5. The van der Waals surface area contributed by atoms with Crippen molar-refractivity contribution in [1.29, 1.82) is 0 Å². The van der Waals surface area contributed by atoms with E-state index in [1.165, 1.54) is 6.33 Å². The summed E-state index contributed by atoms with van der Waals surface area (Å²) in [7, 11) is 0. The van der Waals surface area contributed by atoms with Crippen LogP contribution < -0.4 is 5.32 Å². The molecule has 0 radical (unpaired) electrons. The van der Waals surface area contributed by atoms with Crippen LogP contribution in [0.25, 0.3) is 0 Å². The van der Waals surface area contributed by atoms with Gasteiger partial charge < -0.3 is 5.32 Å². The number of nitrogens with one attached hydrogen (secondary N) is 1. The van der Waals surface area contributed by atoms with Crippen LogP contribution in [0.5, 0.6) is 0 Å². The maximum Gasteiger partial charge on any atom is 0.186 e. The third-order valence-electron chi connectivity index (χ3n) is 3.53. The highest BCUT2D eigenvalue weighted by Crippen LogP contribution is 2.27. The van der Waals surface area contributed by atoms with E-state index >= 15 is 0 Å². The van der Waals surface area contributed by atoms with Gasteiger partial charge in [-0.2, -0.15) is 0 Å². The van der Waals surface area contributed by atoms with Crippen molar-refractivity contribution < 1.29 is 4.39 Å². The molecule has 3 nitrogen and oxygen atoms in total. The van der Waals surface area contributed by atoms with Gasteiger partial charge in [-0.05, 0) is 38.0 Å². The Morgan fingerprint density at radius 3 is 2.72 bits per heavy atom. The third kappa shape index (κ3) is 3.31. The predicted octanol–water partition coefficient (Wildman–Crippen LogP) is 3.39. The van der Waals surface area contributed by atoms with E-state index in [0.29, 0.717) is 29.2 Å². The van der Waals surface area contributed by atoms with Crippen LogP contribution >= 0.6 is 11.6 Å². The highest BCUT2D eigenvalue weighted by Gasteiger charge is 2.20. The first-order valence-electron chi connectivity index (χ1n) is 6.58. The van der Waals surface area contributed by atoms with Crippen molar-refractivity contribution >= 4 is 17.4 Å². The van der Waals surface area contributed by atoms with Gasteiger partial charge in [0.25, 0.3) is 0 Å². The van der Waals surface area contributed by atoms with E-state index in [0.717, 1.165) is 32.2 Å². The van der Waals surface area contributed by atoms with Crippen molar-refractivity contribution in [1.82, 2.24) is 9.97 Å². The fraction of sp³-hybridized carbons (Fsp3) is 0.692. The molecule has 0 atom stereocenters. The lowest BCUT2D eigenvalue weighted by Gasteiger charge is -2.25. The van der Waals surface area contributed by atoms with Crippen LogP contribution in [0.1, 0.15) is 38.3 Å². The Hall–Kier alpha value is -0.900. The molecule has 1 saturated carbocycles. The van der Waals surface area contributed by atoms with E-state index in [1.54, 1.807) is 0 Å². The molecule has 2 rings (SSSR count). The number of hydrogen-bond acceptors (Lipinski definition) is 3. The third-order valence-corrected chi connectivity index (χ3v) is 3.97. The van der Waals surface area contributed by atoms with Crippen LogP contribution in [0, 0.1) is 11.7 Å². The molecular formula is C13H19ClFN3. The lowest BCUT2D eigenvalue weighted by Crippen LogP contribution is -2.22. The zero-order chi connectivity index (χ0) is 13.0. The first-order valence-corrected chi connectivity index (χ1v) is 7.01.